The van der Waals surface area contributed by atoms with E-state index in [9.17, 15) is 9.00 Å². The van der Waals surface area contributed by atoms with Crippen LogP contribution in [0.3, 0.4) is 0 Å². The van der Waals surface area contributed by atoms with E-state index in [0.29, 0.717) is 17.0 Å². The fourth-order valence-electron chi connectivity index (χ4n) is 2.27. The summed E-state index contributed by atoms with van der Waals surface area (Å²) >= 11 is 0. The predicted molar refractivity (Wildman–Crippen MR) is 103 cm³/mol. The van der Waals surface area contributed by atoms with Gasteiger partial charge >= 0.3 is 0 Å². The molecule has 25 heavy (non-hydrogen) atoms. The molecule has 2 rings (SSSR count). The number of hydrogen-bond donors (Lipinski definition) is 1. The van der Waals surface area contributed by atoms with E-state index >= 15 is 0 Å². The molecule has 2 aromatic carbocycles. The SMILES string of the molecule is C=CCCCCNS(=O)(=NC(=O)c1ccccc1)c1ccc(C)cc1. The van der Waals surface area contributed by atoms with Crippen LogP contribution in [-0.4, -0.2) is 16.7 Å². The van der Waals surface area contributed by atoms with Crippen LogP contribution in [0.15, 0.2) is 76.5 Å². The number of aryl methyl sites for hydroxylation is 1. The van der Waals surface area contributed by atoms with Gasteiger partial charge in [-0.25, -0.2) is 8.93 Å². The summed E-state index contributed by atoms with van der Waals surface area (Å²) in [5, 5.41) is 0. The highest BCUT2D eigenvalue weighted by atomic mass is 32.2. The van der Waals surface area contributed by atoms with E-state index in [4.69, 9.17) is 0 Å². The van der Waals surface area contributed by atoms with E-state index in [2.05, 4.69) is 15.7 Å². The molecule has 0 aromatic heterocycles. The number of carbonyl (C=O) groups excluding carboxylic acids is 1. The van der Waals surface area contributed by atoms with E-state index in [0.717, 1.165) is 24.8 Å². The van der Waals surface area contributed by atoms with Crippen molar-refractivity contribution in [3.63, 3.8) is 0 Å². The first kappa shape index (κ1) is 19.1. The molecule has 0 aliphatic heterocycles. The van der Waals surface area contributed by atoms with Gasteiger partial charge in [-0.3, -0.25) is 4.79 Å². The molecule has 2 aromatic rings. The fourth-order valence-corrected chi connectivity index (χ4v) is 3.87. The van der Waals surface area contributed by atoms with Crippen LogP contribution in [0, 0.1) is 6.92 Å². The Morgan fingerprint density at radius 3 is 2.44 bits per heavy atom. The zero-order valence-corrected chi connectivity index (χ0v) is 15.3. The molecule has 0 fully saturated rings. The maximum atomic E-state index is 13.4. The van der Waals surface area contributed by atoms with Crippen molar-refractivity contribution < 1.29 is 9.00 Å². The van der Waals surface area contributed by atoms with Crippen molar-refractivity contribution in [3.8, 4) is 0 Å². The molecule has 0 bridgehead atoms. The quantitative estimate of drug-likeness (QED) is 0.558. The van der Waals surface area contributed by atoms with E-state index in [1.165, 1.54) is 0 Å². The molecule has 1 N–H and O–H groups in total. The number of benzene rings is 2. The van der Waals surface area contributed by atoms with Crippen LogP contribution < -0.4 is 4.72 Å². The largest absolute Gasteiger partial charge is 0.286 e. The van der Waals surface area contributed by atoms with Gasteiger partial charge in [0, 0.05) is 12.1 Å². The third-order valence-electron chi connectivity index (χ3n) is 3.71. The highest BCUT2D eigenvalue weighted by Gasteiger charge is 2.15. The van der Waals surface area contributed by atoms with Crippen molar-refractivity contribution in [2.24, 2.45) is 4.36 Å². The van der Waals surface area contributed by atoms with E-state index in [1.54, 1.807) is 36.4 Å². The molecule has 0 saturated heterocycles. The van der Waals surface area contributed by atoms with Crippen molar-refractivity contribution in [2.75, 3.05) is 6.54 Å². The van der Waals surface area contributed by atoms with Gasteiger partial charge in [-0.15, -0.1) is 10.9 Å². The number of hydrogen-bond acceptors (Lipinski definition) is 2. The van der Waals surface area contributed by atoms with Gasteiger partial charge in [-0.1, -0.05) is 42.0 Å². The van der Waals surface area contributed by atoms with E-state index < -0.39 is 15.8 Å². The second-order valence-corrected chi connectivity index (χ2v) is 7.77. The standard InChI is InChI=1S/C20H24N2O2S/c1-3-4-5-9-16-21-25(24,19-14-12-17(2)13-15-19)22-20(23)18-10-7-6-8-11-18/h3,6-8,10-15H,1,4-5,9,16H2,2H3,(H,21,22,23,24). The lowest BCUT2D eigenvalue weighted by Gasteiger charge is -2.12. The number of rotatable bonds is 8. The zero-order valence-electron chi connectivity index (χ0n) is 14.5. The second kappa shape index (κ2) is 9.30. The van der Waals surface area contributed by atoms with Crippen LogP contribution in [0.2, 0.25) is 0 Å². The Labute approximate surface area is 150 Å². The summed E-state index contributed by atoms with van der Waals surface area (Å²) in [6.07, 6.45) is 4.56. The Bertz CT molecular complexity index is 821. The maximum absolute atomic E-state index is 13.4. The second-order valence-electron chi connectivity index (χ2n) is 5.78. The van der Waals surface area contributed by atoms with E-state index in [1.807, 2.05) is 31.2 Å². The Kier molecular flexibility index (Phi) is 7.10. The summed E-state index contributed by atoms with van der Waals surface area (Å²) in [5.74, 6) is -0.482. The summed E-state index contributed by atoms with van der Waals surface area (Å²) in [5.41, 5.74) is 1.49. The molecule has 0 radical (unpaired) electrons. The van der Waals surface area contributed by atoms with Crippen LogP contribution in [0.4, 0.5) is 0 Å². The molecule has 132 valence electrons. The maximum Gasteiger partial charge on any atom is 0.286 e. The molecular weight excluding hydrogens is 332 g/mol. The van der Waals surface area contributed by atoms with Gasteiger partial charge in [0.15, 0.2) is 0 Å². The third-order valence-corrected chi connectivity index (χ3v) is 5.63. The highest BCUT2D eigenvalue weighted by molar-refractivity contribution is 7.92. The number of nitrogens with zero attached hydrogens (tertiary/aromatic N) is 1. The van der Waals surface area contributed by atoms with Crippen molar-refractivity contribution >= 4 is 15.8 Å². The average Bonchev–Trinajstić information content (AvgIpc) is 2.62. The first-order chi connectivity index (χ1) is 12.0. The number of amides is 1. The van der Waals surface area contributed by atoms with Crippen LogP contribution in [0.1, 0.15) is 35.2 Å². The smallest absolute Gasteiger partial charge is 0.266 e. The Balaban J connectivity index is 2.29. The number of allylic oxidation sites excluding steroid dienone is 1. The van der Waals surface area contributed by atoms with Crippen LogP contribution in [0.5, 0.6) is 0 Å². The van der Waals surface area contributed by atoms with Crippen molar-refractivity contribution in [1.82, 2.24) is 4.72 Å². The molecule has 0 saturated carbocycles. The Morgan fingerprint density at radius 2 is 1.80 bits per heavy atom. The predicted octanol–water partition coefficient (Wildman–Crippen LogP) is 4.52. The molecule has 1 amide bonds. The molecule has 0 spiro atoms. The van der Waals surface area contributed by atoms with E-state index in [-0.39, 0.29) is 0 Å². The average molecular weight is 356 g/mol. The minimum Gasteiger partial charge on any atom is -0.266 e. The zero-order chi connectivity index (χ0) is 18.1. The Hall–Kier alpha value is -2.24. The van der Waals surface area contributed by atoms with Crippen LogP contribution in [-0.2, 0) is 9.92 Å². The number of nitrogens with one attached hydrogen (secondary N) is 1. The lowest BCUT2D eigenvalue weighted by molar-refractivity contribution is 0.100. The molecule has 0 aliphatic rings. The monoisotopic (exact) mass is 356 g/mol. The lowest BCUT2D eigenvalue weighted by Crippen LogP contribution is -2.26. The van der Waals surface area contributed by atoms with Crippen molar-refractivity contribution in [3.05, 3.63) is 78.4 Å². The number of unbranched alkanes of at least 4 members (excludes halogenated alkanes) is 2. The highest BCUT2D eigenvalue weighted by Crippen LogP contribution is 2.15. The third kappa shape index (κ3) is 5.66. The topological polar surface area (TPSA) is 58.5 Å². The summed E-state index contributed by atoms with van der Waals surface area (Å²) in [4.78, 5) is 13.0. The lowest BCUT2D eigenvalue weighted by atomic mass is 10.2. The van der Waals surface area contributed by atoms with Gasteiger partial charge in [0.25, 0.3) is 5.91 Å². The molecule has 0 aliphatic carbocycles. The molecule has 5 heteroatoms. The molecular formula is C20H24N2O2S. The summed E-state index contributed by atoms with van der Waals surface area (Å²) < 4.78 is 20.4. The van der Waals surface area contributed by atoms with Crippen molar-refractivity contribution in [1.29, 1.82) is 0 Å². The summed E-state index contributed by atoms with van der Waals surface area (Å²) in [7, 11) is -3.02. The minimum atomic E-state index is -3.02. The van der Waals surface area contributed by atoms with Gasteiger partial charge in [0.2, 0.25) is 0 Å². The Morgan fingerprint density at radius 1 is 1.12 bits per heavy atom. The van der Waals surface area contributed by atoms with Crippen LogP contribution >= 0.6 is 0 Å². The van der Waals surface area contributed by atoms with Gasteiger partial charge in [-0.2, -0.15) is 0 Å². The van der Waals surface area contributed by atoms with Gasteiger partial charge in [0.1, 0.15) is 9.92 Å². The summed E-state index contributed by atoms with van der Waals surface area (Å²) in [6.45, 7) is 6.17. The van der Waals surface area contributed by atoms with Crippen molar-refractivity contribution in [2.45, 2.75) is 31.1 Å². The first-order valence-electron chi connectivity index (χ1n) is 8.34. The van der Waals surface area contributed by atoms with Gasteiger partial charge in [0.05, 0.1) is 4.90 Å². The van der Waals surface area contributed by atoms with Crippen LogP contribution in [0.25, 0.3) is 0 Å². The minimum absolute atomic E-state index is 0.427. The normalized spacial score (nSPS) is 13.0. The first-order valence-corrected chi connectivity index (χ1v) is 9.85. The fraction of sp³-hybridized carbons (Fsp3) is 0.250. The molecule has 0 heterocycles. The molecule has 4 nitrogen and oxygen atoms in total. The van der Waals surface area contributed by atoms with Gasteiger partial charge in [-0.05, 0) is 50.5 Å². The molecule has 1 unspecified atom stereocenters. The number of carbonyl (C=O) groups is 1. The summed E-state index contributed by atoms with van der Waals surface area (Å²) in [6, 6.07) is 16.0. The molecule has 1 atom stereocenters. The van der Waals surface area contributed by atoms with Gasteiger partial charge < -0.3 is 0 Å².